The Labute approximate surface area is 87.7 Å². The first-order valence-corrected chi connectivity index (χ1v) is 5.03. The summed E-state index contributed by atoms with van der Waals surface area (Å²) in [5.41, 5.74) is 6.89. The number of nitrogens with two attached hydrogens (primary N) is 1. The second-order valence-electron chi connectivity index (χ2n) is 3.87. The van der Waals surface area contributed by atoms with Gasteiger partial charge in [-0.2, -0.15) is 0 Å². The SMILES string of the molecule is NCc1c(F)cccc1CN1CC(F)C1. The number of benzene rings is 1. The minimum absolute atomic E-state index is 0.189. The molecule has 0 aromatic heterocycles. The molecular formula is C11H14F2N2. The molecule has 0 aliphatic carbocycles. The number of hydrogen-bond acceptors (Lipinski definition) is 2. The second-order valence-corrected chi connectivity index (χ2v) is 3.87. The maximum absolute atomic E-state index is 13.3. The minimum Gasteiger partial charge on any atom is -0.326 e. The normalized spacial score (nSPS) is 17.8. The second kappa shape index (κ2) is 4.24. The number of rotatable bonds is 3. The van der Waals surface area contributed by atoms with Gasteiger partial charge in [-0.15, -0.1) is 0 Å². The maximum Gasteiger partial charge on any atom is 0.128 e. The first-order valence-electron chi connectivity index (χ1n) is 5.03. The van der Waals surface area contributed by atoms with E-state index in [1.165, 1.54) is 6.07 Å². The van der Waals surface area contributed by atoms with Crippen LogP contribution in [0.4, 0.5) is 8.78 Å². The van der Waals surface area contributed by atoms with Crippen molar-refractivity contribution in [3.63, 3.8) is 0 Å². The zero-order chi connectivity index (χ0) is 10.8. The lowest BCUT2D eigenvalue weighted by Crippen LogP contribution is -2.47. The Morgan fingerprint density at radius 1 is 1.40 bits per heavy atom. The first kappa shape index (κ1) is 10.5. The average molecular weight is 212 g/mol. The van der Waals surface area contributed by atoms with Gasteiger partial charge in [-0.25, -0.2) is 8.78 Å². The van der Waals surface area contributed by atoms with Crippen molar-refractivity contribution in [3.05, 3.63) is 35.1 Å². The van der Waals surface area contributed by atoms with Crippen molar-refractivity contribution in [2.45, 2.75) is 19.3 Å². The molecule has 0 amide bonds. The van der Waals surface area contributed by atoms with Gasteiger partial charge in [0.05, 0.1) is 0 Å². The molecule has 0 atom stereocenters. The van der Waals surface area contributed by atoms with Gasteiger partial charge in [0, 0.05) is 31.7 Å². The van der Waals surface area contributed by atoms with Crippen LogP contribution in [0.2, 0.25) is 0 Å². The van der Waals surface area contributed by atoms with Gasteiger partial charge in [0.2, 0.25) is 0 Å². The van der Waals surface area contributed by atoms with Gasteiger partial charge in [-0.05, 0) is 11.6 Å². The van der Waals surface area contributed by atoms with Crippen LogP contribution in [0.3, 0.4) is 0 Å². The van der Waals surface area contributed by atoms with Crippen LogP contribution in [0.25, 0.3) is 0 Å². The van der Waals surface area contributed by atoms with E-state index in [2.05, 4.69) is 0 Å². The lowest BCUT2D eigenvalue weighted by Gasteiger charge is -2.34. The van der Waals surface area contributed by atoms with E-state index in [1.54, 1.807) is 6.07 Å². The summed E-state index contributed by atoms with van der Waals surface area (Å²) in [5, 5.41) is 0. The molecule has 1 aliphatic rings. The molecule has 15 heavy (non-hydrogen) atoms. The molecule has 1 aromatic rings. The molecule has 1 fully saturated rings. The van der Waals surface area contributed by atoms with E-state index in [0.29, 0.717) is 25.2 Å². The Bertz CT molecular complexity index is 348. The van der Waals surface area contributed by atoms with E-state index in [4.69, 9.17) is 5.73 Å². The fourth-order valence-electron chi connectivity index (χ4n) is 1.86. The van der Waals surface area contributed by atoms with Crippen LogP contribution >= 0.6 is 0 Å². The van der Waals surface area contributed by atoms with Crippen LogP contribution in [-0.4, -0.2) is 24.2 Å². The highest BCUT2D eigenvalue weighted by Crippen LogP contribution is 2.19. The number of nitrogens with zero attached hydrogens (tertiary/aromatic N) is 1. The largest absolute Gasteiger partial charge is 0.326 e. The van der Waals surface area contributed by atoms with Crippen molar-refractivity contribution < 1.29 is 8.78 Å². The lowest BCUT2D eigenvalue weighted by atomic mass is 10.0. The van der Waals surface area contributed by atoms with Gasteiger partial charge in [0.15, 0.2) is 0 Å². The quantitative estimate of drug-likeness (QED) is 0.821. The zero-order valence-electron chi connectivity index (χ0n) is 8.42. The predicted molar refractivity (Wildman–Crippen MR) is 54.5 cm³/mol. The number of hydrogen-bond donors (Lipinski definition) is 1. The molecule has 1 aliphatic heterocycles. The van der Waals surface area contributed by atoms with Crippen molar-refractivity contribution in [2.24, 2.45) is 5.73 Å². The van der Waals surface area contributed by atoms with Crippen LogP contribution in [0, 0.1) is 5.82 Å². The number of likely N-dealkylation sites (tertiary alicyclic amines) is 1. The lowest BCUT2D eigenvalue weighted by molar-refractivity contribution is 0.0588. The van der Waals surface area contributed by atoms with Crippen molar-refractivity contribution in [2.75, 3.05) is 13.1 Å². The summed E-state index contributed by atoms with van der Waals surface area (Å²) in [6.07, 6.45) is -0.722. The van der Waals surface area contributed by atoms with E-state index in [1.807, 2.05) is 11.0 Å². The van der Waals surface area contributed by atoms with Gasteiger partial charge >= 0.3 is 0 Å². The summed E-state index contributed by atoms with van der Waals surface area (Å²) in [6.45, 7) is 1.67. The Hall–Kier alpha value is -1.00. The third kappa shape index (κ3) is 2.16. The summed E-state index contributed by atoms with van der Waals surface area (Å²) < 4.78 is 25.9. The van der Waals surface area contributed by atoms with E-state index >= 15 is 0 Å². The molecule has 0 spiro atoms. The van der Waals surface area contributed by atoms with Gasteiger partial charge in [0.1, 0.15) is 12.0 Å². The molecular weight excluding hydrogens is 198 g/mol. The molecule has 1 heterocycles. The van der Waals surface area contributed by atoms with Crippen molar-refractivity contribution in [3.8, 4) is 0 Å². The Morgan fingerprint density at radius 2 is 2.13 bits per heavy atom. The Morgan fingerprint density at radius 3 is 2.73 bits per heavy atom. The number of halogens is 2. The Balaban J connectivity index is 2.10. The predicted octanol–water partition coefficient (Wildman–Crippen LogP) is 1.44. The molecule has 4 heteroatoms. The van der Waals surface area contributed by atoms with E-state index < -0.39 is 6.17 Å². The summed E-state index contributed by atoms with van der Waals surface area (Å²) >= 11 is 0. The van der Waals surface area contributed by atoms with Crippen molar-refractivity contribution >= 4 is 0 Å². The number of alkyl halides is 1. The average Bonchev–Trinajstić information content (AvgIpc) is 2.16. The summed E-state index contributed by atoms with van der Waals surface area (Å²) in [6, 6.07) is 4.91. The van der Waals surface area contributed by atoms with E-state index in [-0.39, 0.29) is 12.4 Å². The summed E-state index contributed by atoms with van der Waals surface area (Å²) in [7, 11) is 0. The molecule has 1 aromatic carbocycles. The van der Waals surface area contributed by atoms with Gasteiger partial charge in [-0.3, -0.25) is 4.90 Å². The van der Waals surface area contributed by atoms with Crippen LogP contribution in [0.1, 0.15) is 11.1 Å². The fraction of sp³-hybridized carbons (Fsp3) is 0.455. The molecule has 0 radical (unpaired) electrons. The van der Waals surface area contributed by atoms with Crippen LogP contribution in [-0.2, 0) is 13.1 Å². The van der Waals surface area contributed by atoms with E-state index in [0.717, 1.165) is 5.56 Å². The molecule has 82 valence electrons. The highest BCUT2D eigenvalue weighted by atomic mass is 19.1. The highest BCUT2D eigenvalue weighted by Gasteiger charge is 2.26. The standard InChI is InChI=1S/C11H14F2N2/c12-9-6-15(7-9)5-8-2-1-3-11(13)10(8)4-14/h1-3,9H,4-7,14H2. The monoisotopic (exact) mass is 212 g/mol. The minimum atomic E-state index is -0.722. The van der Waals surface area contributed by atoms with Gasteiger partial charge in [0.25, 0.3) is 0 Å². The zero-order valence-corrected chi connectivity index (χ0v) is 8.42. The third-order valence-corrected chi connectivity index (χ3v) is 2.73. The van der Waals surface area contributed by atoms with Gasteiger partial charge < -0.3 is 5.73 Å². The van der Waals surface area contributed by atoms with Gasteiger partial charge in [-0.1, -0.05) is 12.1 Å². The maximum atomic E-state index is 13.3. The van der Waals surface area contributed by atoms with E-state index in [9.17, 15) is 8.78 Å². The molecule has 2 N–H and O–H groups in total. The molecule has 1 saturated heterocycles. The summed E-state index contributed by atoms with van der Waals surface area (Å²) in [5.74, 6) is -0.271. The van der Waals surface area contributed by atoms with Crippen LogP contribution < -0.4 is 5.73 Å². The van der Waals surface area contributed by atoms with Crippen LogP contribution in [0.15, 0.2) is 18.2 Å². The summed E-state index contributed by atoms with van der Waals surface area (Å²) in [4.78, 5) is 1.94. The molecule has 0 bridgehead atoms. The van der Waals surface area contributed by atoms with Crippen LogP contribution in [0.5, 0.6) is 0 Å². The first-order chi connectivity index (χ1) is 7.20. The fourth-order valence-corrected chi connectivity index (χ4v) is 1.86. The van der Waals surface area contributed by atoms with Crippen molar-refractivity contribution in [1.82, 2.24) is 4.90 Å². The molecule has 0 saturated carbocycles. The topological polar surface area (TPSA) is 29.3 Å². The molecule has 2 nitrogen and oxygen atoms in total. The molecule has 0 unspecified atom stereocenters. The third-order valence-electron chi connectivity index (χ3n) is 2.73. The Kier molecular flexibility index (Phi) is 2.98. The van der Waals surface area contributed by atoms with Crippen molar-refractivity contribution in [1.29, 1.82) is 0 Å². The highest BCUT2D eigenvalue weighted by molar-refractivity contribution is 5.28. The smallest absolute Gasteiger partial charge is 0.128 e. The molecule has 2 rings (SSSR count).